The van der Waals surface area contributed by atoms with E-state index in [0.717, 1.165) is 36.3 Å². The van der Waals surface area contributed by atoms with Gasteiger partial charge >= 0.3 is 0 Å². The van der Waals surface area contributed by atoms with E-state index in [2.05, 4.69) is 55.2 Å². The second kappa shape index (κ2) is 14.3. The second-order valence-corrected chi connectivity index (χ2v) is 9.91. The van der Waals surface area contributed by atoms with Crippen LogP contribution in [0, 0.1) is 11.8 Å². The Kier molecular flexibility index (Phi) is 11.1. The van der Waals surface area contributed by atoms with Crippen LogP contribution in [0.3, 0.4) is 0 Å². The summed E-state index contributed by atoms with van der Waals surface area (Å²) in [5, 5.41) is 0. The molecule has 3 rings (SSSR count). The fourth-order valence-electron chi connectivity index (χ4n) is 5.05. The van der Waals surface area contributed by atoms with E-state index in [4.69, 9.17) is 4.74 Å². The smallest absolute Gasteiger partial charge is 0.137 e. The molecule has 32 heavy (non-hydrogen) atoms. The van der Waals surface area contributed by atoms with Crippen LogP contribution in [0.25, 0.3) is 11.3 Å². The Labute approximate surface area is 197 Å². The molecule has 1 saturated carbocycles. The third kappa shape index (κ3) is 8.60. The van der Waals surface area contributed by atoms with E-state index in [1.807, 2.05) is 6.20 Å². The van der Waals surface area contributed by atoms with E-state index in [1.165, 1.54) is 94.6 Å². The highest BCUT2D eigenvalue weighted by Crippen LogP contribution is 2.34. The molecule has 1 heterocycles. The Morgan fingerprint density at radius 1 is 0.750 bits per heavy atom. The molecule has 0 saturated heterocycles. The summed E-state index contributed by atoms with van der Waals surface area (Å²) in [5.74, 6) is 2.83. The Morgan fingerprint density at radius 2 is 1.44 bits per heavy atom. The number of pyridine rings is 1. The van der Waals surface area contributed by atoms with Crippen molar-refractivity contribution < 1.29 is 4.74 Å². The number of unbranched alkanes of at least 4 members (excludes halogenated alkanes) is 5. The maximum Gasteiger partial charge on any atom is 0.137 e. The van der Waals surface area contributed by atoms with Gasteiger partial charge in [-0.1, -0.05) is 109 Å². The molecule has 2 heteroatoms. The van der Waals surface area contributed by atoms with Crippen molar-refractivity contribution in [1.82, 2.24) is 4.98 Å². The molecule has 0 atom stereocenters. The first-order valence-corrected chi connectivity index (χ1v) is 13.5. The first kappa shape index (κ1) is 24.8. The first-order valence-electron chi connectivity index (χ1n) is 13.5. The highest BCUT2D eigenvalue weighted by molar-refractivity contribution is 5.59. The third-order valence-electron chi connectivity index (χ3n) is 7.28. The van der Waals surface area contributed by atoms with Crippen LogP contribution in [-0.4, -0.2) is 11.6 Å². The number of benzene rings is 1. The molecule has 0 N–H and O–H groups in total. The summed E-state index contributed by atoms with van der Waals surface area (Å²) in [5.41, 5.74) is 3.68. The third-order valence-corrected chi connectivity index (χ3v) is 7.28. The van der Waals surface area contributed by atoms with Gasteiger partial charge in [-0.3, -0.25) is 4.98 Å². The summed E-state index contributed by atoms with van der Waals surface area (Å²) in [7, 11) is 0. The van der Waals surface area contributed by atoms with Gasteiger partial charge in [0.2, 0.25) is 0 Å². The second-order valence-electron chi connectivity index (χ2n) is 9.91. The minimum atomic E-state index is 0.791. The molecule has 0 unspecified atom stereocenters. The van der Waals surface area contributed by atoms with Gasteiger partial charge in [0.25, 0.3) is 0 Å². The number of hydrogen-bond acceptors (Lipinski definition) is 2. The molecule has 176 valence electrons. The van der Waals surface area contributed by atoms with Crippen LogP contribution in [0.1, 0.15) is 103 Å². The fourth-order valence-corrected chi connectivity index (χ4v) is 5.05. The van der Waals surface area contributed by atoms with Crippen molar-refractivity contribution in [3.63, 3.8) is 0 Å². The van der Waals surface area contributed by atoms with Crippen LogP contribution in [0.2, 0.25) is 0 Å². The Morgan fingerprint density at radius 3 is 2.09 bits per heavy atom. The Hall–Kier alpha value is -1.83. The number of ether oxygens (including phenoxy) is 1. The van der Waals surface area contributed by atoms with Crippen LogP contribution in [0.5, 0.6) is 5.75 Å². The SMILES string of the molecule is CCCCCCCOc1ccc(-c2ccc(CC[C@H]3CC[C@H](CCCC)CC3)cc2)nc1. The van der Waals surface area contributed by atoms with Crippen molar-refractivity contribution in [3.8, 4) is 17.0 Å². The van der Waals surface area contributed by atoms with Gasteiger partial charge in [-0.25, -0.2) is 0 Å². The molecule has 0 bridgehead atoms. The maximum atomic E-state index is 5.85. The summed E-state index contributed by atoms with van der Waals surface area (Å²) in [6.07, 6.45) is 20.8. The molecule has 0 spiro atoms. The lowest BCUT2D eigenvalue weighted by molar-refractivity contribution is 0.250. The molecule has 2 nitrogen and oxygen atoms in total. The van der Waals surface area contributed by atoms with E-state index < -0.39 is 0 Å². The van der Waals surface area contributed by atoms with Gasteiger partial charge in [0.15, 0.2) is 0 Å². The lowest BCUT2D eigenvalue weighted by atomic mass is 9.78. The van der Waals surface area contributed by atoms with Crippen LogP contribution in [0.15, 0.2) is 42.6 Å². The van der Waals surface area contributed by atoms with Gasteiger partial charge in [0.1, 0.15) is 5.75 Å². The summed E-state index contributed by atoms with van der Waals surface area (Å²) in [4.78, 5) is 4.63. The van der Waals surface area contributed by atoms with E-state index >= 15 is 0 Å². The van der Waals surface area contributed by atoms with Crippen molar-refractivity contribution in [2.45, 2.75) is 104 Å². The Bertz CT molecular complexity index is 728. The Balaban J connectivity index is 1.38. The maximum absolute atomic E-state index is 5.85. The van der Waals surface area contributed by atoms with Gasteiger partial charge < -0.3 is 4.74 Å². The van der Waals surface area contributed by atoms with Gasteiger partial charge in [-0.2, -0.15) is 0 Å². The van der Waals surface area contributed by atoms with E-state index in [0.29, 0.717) is 0 Å². The first-order chi connectivity index (χ1) is 15.8. The average molecular weight is 436 g/mol. The van der Waals surface area contributed by atoms with Gasteiger partial charge in [0.05, 0.1) is 18.5 Å². The number of nitrogens with zero attached hydrogens (tertiary/aromatic N) is 1. The predicted molar refractivity (Wildman–Crippen MR) is 137 cm³/mol. The predicted octanol–water partition coefficient (Wildman–Crippen LogP) is 9.03. The minimum absolute atomic E-state index is 0.791. The number of aryl methyl sites for hydroxylation is 1. The molecule has 0 amide bonds. The number of rotatable bonds is 14. The normalized spacial score (nSPS) is 18.6. The van der Waals surface area contributed by atoms with Crippen LogP contribution < -0.4 is 4.74 Å². The van der Waals surface area contributed by atoms with Crippen molar-refractivity contribution in [3.05, 3.63) is 48.2 Å². The largest absolute Gasteiger partial charge is 0.492 e. The summed E-state index contributed by atoms with van der Waals surface area (Å²) >= 11 is 0. The van der Waals surface area contributed by atoms with Crippen molar-refractivity contribution in [2.24, 2.45) is 11.8 Å². The molecular formula is C30H45NO. The van der Waals surface area contributed by atoms with Crippen LogP contribution in [0.4, 0.5) is 0 Å². The molecule has 2 aromatic rings. The quantitative estimate of drug-likeness (QED) is 0.276. The topological polar surface area (TPSA) is 22.1 Å². The number of hydrogen-bond donors (Lipinski definition) is 0. The average Bonchev–Trinajstić information content (AvgIpc) is 2.85. The standard InChI is InChI=1S/C30H45NO/c1-3-5-7-8-9-23-32-29-21-22-30(31-24-29)28-19-17-27(18-20-28)16-15-26-13-11-25(12-14-26)10-6-4-2/h17-22,24-26H,3-16,23H2,1-2H3/t25-,26-. The van der Waals surface area contributed by atoms with Crippen molar-refractivity contribution >= 4 is 0 Å². The van der Waals surface area contributed by atoms with E-state index in [-0.39, 0.29) is 0 Å². The summed E-state index contributed by atoms with van der Waals surface area (Å²) < 4.78 is 5.85. The zero-order chi connectivity index (χ0) is 22.4. The molecule has 1 aromatic carbocycles. The van der Waals surface area contributed by atoms with Gasteiger partial charge in [-0.05, 0) is 48.8 Å². The lowest BCUT2D eigenvalue weighted by Crippen LogP contribution is -2.15. The molecular weight excluding hydrogens is 390 g/mol. The minimum Gasteiger partial charge on any atom is -0.492 e. The van der Waals surface area contributed by atoms with Crippen LogP contribution in [-0.2, 0) is 6.42 Å². The molecule has 1 aromatic heterocycles. The summed E-state index contributed by atoms with van der Waals surface area (Å²) in [6, 6.07) is 13.2. The lowest BCUT2D eigenvalue weighted by Gasteiger charge is -2.28. The summed E-state index contributed by atoms with van der Waals surface area (Å²) in [6.45, 7) is 5.35. The van der Waals surface area contributed by atoms with Gasteiger partial charge in [-0.15, -0.1) is 0 Å². The van der Waals surface area contributed by atoms with E-state index in [1.54, 1.807) is 0 Å². The van der Waals surface area contributed by atoms with E-state index in [9.17, 15) is 0 Å². The van der Waals surface area contributed by atoms with Crippen LogP contribution >= 0.6 is 0 Å². The highest BCUT2D eigenvalue weighted by atomic mass is 16.5. The zero-order valence-corrected chi connectivity index (χ0v) is 20.7. The monoisotopic (exact) mass is 435 g/mol. The molecule has 0 radical (unpaired) electrons. The number of aromatic nitrogens is 1. The van der Waals surface area contributed by atoms with Gasteiger partial charge in [0, 0.05) is 5.56 Å². The molecule has 1 fully saturated rings. The molecule has 1 aliphatic rings. The zero-order valence-electron chi connectivity index (χ0n) is 20.7. The highest BCUT2D eigenvalue weighted by Gasteiger charge is 2.20. The van der Waals surface area contributed by atoms with Crippen molar-refractivity contribution in [1.29, 1.82) is 0 Å². The van der Waals surface area contributed by atoms with Crippen molar-refractivity contribution in [2.75, 3.05) is 6.61 Å². The molecule has 0 aliphatic heterocycles. The fraction of sp³-hybridized carbons (Fsp3) is 0.633. The molecule has 1 aliphatic carbocycles.